The van der Waals surface area contributed by atoms with E-state index in [0.717, 1.165) is 54.3 Å². The molecule has 256 valence electrons. The Morgan fingerprint density at radius 1 is 0.681 bits per heavy atom. The first-order valence-corrected chi connectivity index (χ1v) is 16.3. The van der Waals surface area contributed by atoms with Crippen LogP contribution in [0, 0.1) is 5.82 Å². The van der Waals surface area contributed by atoms with Crippen molar-refractivity contribution in [3.8, 4) is 22.6 Å². The van der Waals surface area contributed by atoms with Crippen molar-refractivity contribution in [2.75, 3.05) is 19.8 Å². The monoisotopic (exact) mass is 660 g/mol. The van der Waals surface area contributed by atoms with E-state index in [0.29, 0.717) is 13.2 Å². The molecule has 10 heteroatoms. The highest BCUT2D eigenvalue weighted by Gasteiger charge is 2.42. The SMILES string of the molecule is CCCCCCCCCOc1ccc(-c2ccc(C(=O)Oc3ccc(C(=O)OC(CCCOCCC)C(F)(F)F)c(F)c3)cc2)cc1. The van der Waals surface area contributed by atoms with Crippen molar-refractivity contribution >= 4 is 11.9 Å². The van der Waals surface area contributed by atoms with E-state index >= 15 is 0 Å². The van der Waals surface area contributed by atoms with Crippen LogP contribution >= 0.6 is 0 Å². The Kier molecular flexibility index (Phi) is 15.7. The summed E-state index contributed by atoms with van der Waals surface area (Å²) in [6.07, 6.45) is 1.50. The first kappa shape index (κ1) is 37.5. The van der Waals surface area contributed by atoms with E-state index in [9.17, 15) is 27.2 Å². The molecule has 0 fully saturated rings. The molecular formula is C37H44F4O6. The lowest BCUT2D eigenvalue weighted by molar-refractivity contribution is -0.206. The molecule has 0 spiro atoms. The number of esters is 2. The van der Waals surface area contributed by atoms with E-state index in [1.165, 1.54) is 32.1 Å². The fraction of sp³-hybridized carbons (Fsp3) is 0.459. The Morgan fingerprint density at radius 2 is 1.30 bits per heavy atom. The maximum absolute atomic E-state index is 14.7. The molecule has 0 aliphatic carbocycles. The Bertz CT molecular complexity index is 1370. The van der Waals surface area contributed by atoms with Crippen LogP contribution in [0.5, 0.6) is 11.5 Å². The Morgan fingerprint density at radius 3 is 1.91 bits per heavy atom. The van der Waals surface area contributed by atoms with Gasteiger partial charge in [0.25, 0.3) is 0 Å². The summed E-state index contributed by atoms with van der Waals surface area (Å²) in [5.74, 6) is -2.86. The number of rotatable bonds is 20. The average Bonchev–Trinajstić information content (AvgIpc) is 3.05. The fourth-order valence-corrected chi connectivity index (χ4v) is 4.78. The molecule has 0 radical (unpaired) electrons. The highest BCUT2D eigenvalue weighted by molar-refractivity contribution is 5.92. The van der Waals surface area contributed by atoms with Gasteiger partial charge >= 0.3 is 18.1 Å². The van der Waals surface area contributed by atoms with Gasteiger partial charge in [-0.1, -0.05) is 76.6 Å². The molecule has 0 aromatic heterocycles. The quantitative estimate of drug-likeness (QED) is 0.0520. The normalized spacial score (nSPS) is 12.0. The first-order valence-electron chi connectivity index (χ1n) is 16.3. The van der Waals surface area contributed by atoms with Gasteiger partial charge in [0, 0.05) is 19.3 Å². The Balaban J connectivity index is 1.50. The van der Waals surface area contributed by atoms with E-state index < -0.39 is 42.0 Å². The lowest BCUT2D eigenvalue weighted by Gasteiger charge is -2.21. The first-order chi connectivity index (χ1) is 22.6. The van der Waals surface area contributed by atoms with Gasteiger partial charge in [-0.2, -0.15) is 13.2 Å². The second-order valence-electron chi connectivity index (χ2n) is 11.3. The molecule has 0 heterocycles. The molecule has 6 nitrogen and oxygen atoms in total. The minimum atomic E-state index is -4.83. The second kappa shape index (κ2) is 19.7. The van der Waals surface area contributed by atoms with Gasteiger partial charge in [0.1, 0.15) is 17.3 Å². The maximum Gasteiger partial charge on any atom is 0.425 e. The van der Waals surface area contributed by atoms with Gasteiger partial charge < -0.3 is 18.9 Å². The molecule has 3 aromatic carbocycles. The number of ether oxygens (including phenoxy) is 4. The largest absolute Gasteiger partial charge is 0.494 e. The molecular weight excluding hydrogens is 616 g/mol. The second-order valence-corrected chi connectivity index (χ2v) is 11.3. The number of hydrogen-bond acceptors (Lipinski definition) is 6. The zero-order chi connectivity index (χ0) is 34.1. The van der Waals surface area contributed by atoms with E-state index in [2.05, 4.69) is 11.7 Å². The Labute approximate surface area is 274 Å². The zero-order valence-electron chi connectivity index (χ0n) is 27.1. The third-order valence-electron chi connectivity index (χ3n) is 7.41. The fourth-order valence-electron chi connectivity index (χ4n) is 4.78. The molecule has 0 aliphatic heterocycles. The maximum atomic E-state index is 14.7. The topological polar surface area (TPSA) is 71.1 Å². The van der Waals surface area contributed by atoms with Crippen molar-refractivity contribution in [1.29, 1.82) is 0 Å². The van der Waals surface area contributed by atoms with E-state index in [-0.39, 0.29) is 24.3 Å². The van der Waals surface area contributed by atoms with Crippen LogP contribution in [0.3, 0.4) is 0 Å². The number of halogens is 4. The summed E-state index contributed by atoms with van der Waals surface area (Å²) in [6, 6.07) is 17.1. The van der Waals surface area contributed by atoms with Crippen LogP contribution < -0.4 is 9.47 Å². The van der Waals surface area contributed by atoms with Gasteiger partial charge in [-0.3, -0.25) is 0 Å². The summed E-state index contributed by atoms with van der Waals surface area (Å²) in [5, 5.41) is 0. The number of hydrogen-bond donors (Lipinski definition) is 0. The summed E-state index contributed by atoms with van der Waals surface area (Å²) >= 11 is 0. The number of benzene rings is 3. The third kappa shape index (κ3) is 13.0. The molecule has 0 aliphatic rings. The molecule has 3 aromatic rings. The van der Waals surface area contributed by atoms with Crippen LogP contribution in [-0.2, 0) is 9.47 Å². The van der Waals surface area contributed by atoms with Crippen molar-refractivity contribution in [3.63, 3.8) is 0 Å². The van der Waals surface area contributed by atoms with Crippen LogP contribution in [0.1, 0.15) is 98.8 Å². The molecule has 0 N–H and O–H groups in total. The standard InChI is InChI=1S/C37H44F4O6/c1-3-5-6-7-8-9-10-25-45-30-19-17-28(18-20-30)27-13-15-29(16-14-27)35(42)46-31-21-22-32(33(38)26-31)36(43)47-34(37(39,40)41)12-11-24-44-23-4-2/h13-22,26,34H,3-12,23-25H2,1-2H3. The minimum absolute atomic E-state index is 0.0104. The van der Waals surface area contributed by atoms with Crippen molar-refractivity contribution < 1.29 is 46.1 Å². The van der Waals surface area contributed by atoms with E-state index in [1.807, 2.05) is 31.2 Å². The van der Waals surface area contributed by atoms with Gasteiger partial charge in [-0.05, 0) is 73.2 Å². The van der Waals surface area contributed by atoms with E-state index in [1.54, 1.807) is 24.3 Å². The predicted molar refractivity (Wildman–Crippen MR) is 172 cm³/mol. The van der Waals surface area contributed by atoms with Crippen molar-refractivity contribution in [1.82, 2.24) is 0 Å². The molecule has 0 saturated carbocycles. The van der Waals surface area contributed by atoms with Crippen LogP contribution in [0.4, 0.5) is 17.6 Å². The number of unbranched alkanes of at least 4 members (excludes halogenated alkanes) is 6. The summed E-state index contributed by atoms with van der Waals surface area (Å²) in [7, 11) is 0. The van der Waals surface area contributed by atoms with Gasteiger partial charge in [0.15, 0.2) is 6.10 Å². The van der Waals surface area contributed by atoms with Gasteiger partial charge in [-0.25, -0.2) is 14.0 Å². The summed E-state index contributed by atoms with van der Waals surface area (Å²) in [6.45, 7) is 5.25. The molecule has 1 atom stereocenters. The molecule has 0 bridgehead atoms. The smallest absolute Gasteiger partial charge is 0.425 e. The predicted octanol–water partition coefficient (Wildman–Crippen LogP) is 10.1. The average molecular weight is 661 g/mol. The highest BCUT2D eigenvalue weighted by atomic mass is 19.4. The number of carbonyl (C=O) groups is 2. The van der Waals surface area contributed by atoms with Gasteiger partial charge in [0.2, 0.25) is 0 Å². The minimum Gasteiger partial charge on any atom is -0.494 e. The number of carbonyl (C=O) groups excluding carboxylic acids is 2. The molecule has 47 heavy (non-hydrogen) atoms. The lowest BCUT2D eigenvalue weighted by atomic mass is 10.0. The van der Waals surface area contributed by atoms with Crippen LogP contribution in [0.2, 0.25) is 0 Å². The lowest BCUT2D eigenvalue weighted by Crippen LogP contribution is -2.34. The Hall–Kier alpha value is -3.92. The summed E-state index contributed by atoms with van der Waals surface area (Å²) in [4.78, 5) is 25.1. The van der Waals surface area contributed by atoms with Gasteiger partial charge in [0.05, 0.1) is 17.7 Å². The zero-order valence-corrected chi connectivity index (χ0v) is 27.1. The van der Waals surface area contributed by atoms with Crippen molar-refractivity contribution in [3.05, 3.63) is 83.7 Å². The summed E-state index contributed by atoms with van der Waals surface area (Å²) < 4.78 is 75.8. The third-order valence-corrected chi connectivity index (χ3v) is 7.41. The van der Waals surface area contributed by atoms with Gasteiger partial charge in [-0.15, -0.1) is 0 Å². The summed E-state index contributed by atoms with van der Waals surface area (Å²) in [5.41, 5.74) is 1.28. The van der Waals surface area contributed by atoms with Crippen molar-refractivity contribution in [2.45, 2.75) is 90.3 Å². The van der Waals surface area contributed by atoms with Crippen LogP contribution in [0.15, 0.2) is 66.7 Å². The molecule has 1 unspecified atom stereocenters. The highest BCUT2D eigenvalue weighted by Crippen LogP contribution is 2.29. The molecule has 0 saturated heterocycles. The van der Waals surface area contributed by atoms with Crippen LogP contribution in [-0.4, -0.2) is 44.0 Å². The molecule has 3 rings (SSSR count). The number of alkyl halides is 3. The van der Waals surface area contributed by atoms with Crippen LogP contribution in [0.25, 0.3) is 11.1 Å². The van der Waals surface area contributed by atoms with Crippen molar-refractivity contribution in [2.24, 2.45) is 0 Å². The van der Waals surface area contributed by atoms with E-state index in [4.69, 9.17) is 14.2 Å². The molecule has 0 amide bonds.